The fraction of sp³-hybridized carbons (Fsp3) is 0.400. The first-order chi connectivity index (χ1) is 16.4. The van der Waals surface area contributed by atoms with Crippen LogP contribution in [0.25, 0.3) is 0 Å². The summed E-state index contributed by atoms with van der Waals surface area (Å²) in [5.41, 5.74) is -0.369. The SMILES string of the molecule is CC(C)(C)C(=O)N[C@H]1CC[C@H](N/C(=N\C(=O)c2ccc(F)c(F)c2)Nc2cc(F)cc(Cl)c2)CC1. The number of amides is 2. The lowest BCUT2D eigenvalue weighted by atomic mass is 9.89. The number of carbonyl (C=O) groups is 2. The second-order valence-electron chi connectivity index (χ2n) is 9.59. The van der Waals surface area contributed by atoms with E-state index < -0.39 is 28.8 Å². The van der Waals surface area contributed by atoms with Gasteiger partial charge in [-0.2, -0.15) is 4.99 Å². The zero-order chi connectivity index (χ0) is 25.8. The van der Waals surface area contributed by atoms with Gasteiger partial charge in [0.15, 0.2) is 11.6 Å². The van der Waals surface area contributed by atoms with Crippen LogP contribution in [-0.2, 0) is 4.79 Å². The van der Waals surface area contributed by atoms with Crippen LogP contribution in [0, 0.1) is 22.9 Å². The molecule has 1 aliphatic rings. The molecule has 0 heterocycles. The van der Waals surface area contributed by atoms with Crippen molar-refractivity contribution in [2.24, 2.45) is 10.4 Å². The number of nitrogens with zero attached hydrogens (tertiary/aromatic N) is 1. The van der Waals surface area contributed by atoms with Gasteiger partial charge < -0.3 is 16.0 Å². The van der Waals surface area contributed by atoms with Crippen molar-refractivity contribution < 1.29 is 22.8 Å². The Labute approximate surface area is 207 Å². The molecule has 3 rings (SSSR count). The maximum Gasteiger partial charge on any atom is 0.280 e. The second kappa shape index (κ2) is 11.1. The first kappa shape index (κ1) is 26.5. The molecule has 1 saturated carbocycles. The van der Waals surface area contributed by atoms with E-state index in [0.29, 0.717) is 12.8 Å². The van der Waals surface area contributed by atoms with Crippen molar-refractivity contribution in [1.29, 1.82) is 0 Å². The van der Waals surface area contributed by atoms with Gasteiger partial charge in [0, 0.05) is 33.8 Å². The summed E-state index contributed by atoms with van der Waals surface area (Å²) in [6, 6.07) is 6.47. The molecule has 0 saturated heterocycles. The molecule has 2 aromatic carbocycles. The van der Waals surface area contributed by atoms with E-state index in [9.17, 15) is 22.8 Å². The number of rotatable bonds is 4. The van der Waals surface area contributed by atoms with Gasteiger partial charge in [-0.15, -0.1) is 0 Å². The highest BCUT2D eigenvalue weighted by Gasteiger charge is 2.28. The van der Waals surface area contributed by atoms with Crippen molar-refractivity contribution in [3.05, 3.63) is 64.4 Å². The van der Waals surface area contributed by atoms with Crippen molar-refractivity contribution in [3.8, 4) is 0 Å². The average molecular weight is 509 g/mol. The van der Waals surface area contributed by atoms with Gasteiger partial charge in [0.25, 0.3) is 5.91 Å². The van der Waals surface area contributed by atoms with E-state index in [4.69, 9.17) is 11.6 Å². The Kier molecular flexibility index (Phi) is 8.43. The molecule has 0 unspecified atom stereocenters. The average Bonchev–Trinajstić information content (AvgIpc) is 2.75. The first-order valence-electron chi connectivity index (χ1n) is 11.3. The van der Waals surface area contributed by atoms with Gasteiger partial charge in [-0.05, 0) is 62.1 Å². The fourth-order valence-corrected chi connectivity index (χ4v) is 3.85. The zero-order valence-corrected chi connectivity index (χ0v) is 20.5. The van der Waals surface area contributed by atoms with E-state index in [0.717, 1.165) is 37.1 Å². The maximum atomic E-state index is 13.8. The third-order valence-electron chi connectivity index (χ3n) is 5.59. The van der Waals surface area contributed by atoms with Crippen molar-refractivity contribution >= 4 is 35.1 Å². The molecule has 0 bridgehead atoms. The molecular formula is C25H28ClF3N4O2. The lowest BCUT2D eigenvalue weighted by molar-refractivity contribution is -0.129. The standard InChI is InChI=1S/C25H28ClF3N4O2/c1-25(2,3)23(35)30-17-5-7-18(8-6-17)31-24(32-19-12-15(26)11-16(27)13-19)33-22(34)14-4-9-20(28)21(29)10-14/h4,9-13,17-18H,5-8H2,1-3H3,(H,30,35)(H2,31,32,33,34)/t17-,18-. The number of aliphatic imine (C=N–C) groups is 1. The van der Waals surface area contributed by atoms with E-state index in [1.54, 1.807) is 0 Å². The monoisotopic (exact) mass is 508 g/mol. The number of hydrogen-bond acceptors (Lipinski definition) is 2. The van der Waals surface area contributed by atoms with Gasteiger partial charge >= 0.3 is 0 Å². The summed E-state index contributed by atoms with van der Waals surface area (Å²) in [6.07, 6.45) is 2.80. The lowest BCUT2D eigenvalue weighted by Crippen LogP contribution is -2.47. The molecular weight excluding hydrogens is 481 g/mol. The summed E-state index contributed by atoms with van der Waals surface area (Å²) in [7, 11) is 0. The third kappa shape index (κ3) is 7.71. The molecule has 1 fully saturated rings. The molecule has 0 aromatic heterocycles. The first-order valence-corrected chi connectivity index (χ1v) is 11.7. The third-order valence-corrected chi connectivity index (χ3v) is 5.81. The van der Waals surface area contributed by atoms with Crippen molar-refractivity contribution in [3.63, 3.8) is 0 Å². The maximum absolute atomic E-state index is 13.8. The van der Waals surface area contributed by atoms with Crippen LogP contribution in [0.2, 0.25) is 5.02 Å². The summed E-state index contributed by atoms with van der Waals surface area (Å²) >= 11 is 5.93. The summed E-state index contributed by atoms with van der Waals surface area (Å²) in [5, 5.41) is 9.21. The molecule has 10 heteroatoms. The Balaban J connectivity index is 1.74. The number of carbonyl (C=O) groups excluding carboxylic acids is 2. The van der Waals surface area contributed by atoms with E-state index in [2.05, 4.69) is 20.9 Å². The molecule has 2 aromatic rings. The topological polar surface area (TPSA) is 82.6 Å². The number of anilines is 1. The predicted molar refractivity (Wildman–Crippen MR) is 130 cm³/mol. The summed E-state index contributed by atoms with van der Waals surface area (Å²) in [6.45, 7) is 5.56. The number of hydrogen-bond donors (Lipinski definition) is 3. The number of benzene rings is 2. The minimum Gasteiger partial charge on any atom is -0.353 e. The fourth-order valence-electron chi connectivity index (χ4n) is 3.63. The Morgan fingerprint density at radius 2 is 1.54 bits per heavy atom. The van der Waals surface area contributed by atoms with Crippen LogP contribution < -0.4 is 16.0 Å². The van der Waals surface area contributed by atoms with Gasteiger partial charge in [0.1, 0.15) is 5.82 Å². The Bertz CT molecular complexity index is 1110. The van der Waals surface area contributed by atoms with Gasteiger partial charge in [-0.3, -0.25) is 9.59 Å². The highest BCUT2D eigenvalue weighted by molar-refractivity contribution is 6.31. The summed E-state index contributed by atoms with van der Waals surface area (Å²) < 4.78 is 40.7. The van der Waals surface area contributed by atoms with Crippen LogP contribution in [0.3, 0.4) is 0 Å². The number of halogens is 4. The van der Waals surface area contributed by atoms with Crippen LogP contribution in [0.4, 0.5) is 18.9 Å². The molecule has 35 heavy (non-hydrogen) atoms. The van der Waals surface area contributed by atoms with Gasteiger partial charge in [-0.1, -0.05) is 32.4 Å². The van der Waals surface area contributed by atoms with Crippen molar-refractivity contribution in [2.75, 3.05) is 5.32 Å². The minimum absolute atomic E-state index is 0.0158. The molecule has 0 atom stereocenters. The molecule has 2 amide bonds. The van der Waals surface area contributed by atoms with Crippen LogP contribution >= 0.6 is 11.6 Å². The van der Waals surface area contributed by atoms with Crippen LogP contribution in [0.5, 0.6) is 0 Å². The van der Waals surface area contributed by atoms with E-state index in [1.807, 2.05) is 20.8 Å². The van der Waals surface area contributed by atoms with Crippen molar-refractivity contribution in [1.82, 2.24) is 10.6 Å². The number of guanidine groups is 1. The van der Waals surface area contributed by atoms with E-state index >= 15 is 0 Å². The quantitative estimate of drug-likeness (QED) is 0.380. The minimum atomic E-state index is -1.17. The molecule has 0 radical (unpaired) electrons. The van der Waals surface area contributed by atoms with Crippen molar-refractivity contribution in [2.45, 2.75) is 58.5 Å². The molecule has 0 aliphatic heterocycles. The smallest absolute Gasteiger partial charge is 0.280 e. The molecule has 3 N–H and O–H groups in total. The Hall–Kier alpha value is -3.07. The van der Waals surface area contributed by atoms with Crippen LogP contribution in [0.15, 0.2) is 41.4 Å². The molecule has 6 nitrogen and oxygen atoms in total. The molecule has 0 spiro atoms. The number of nitrogens with one attached hydrogen (secondary N) is 3. The molecule has 1 aliphatic carbocycles. The van der Waals surface area contributed by atoms with E-state index in [1.165, 1.54) is 12.1 Å². The summed E-state index contributed by atoms with van der Waals surface area (Å²) in [4.78, 5) is 28.9. The molecule has 188 valence electrons. The predicted octanol–water partition coefficient (Wildman–Crippen LogP) is 5.43. The zero-order valence-electron chi connectivity index (χ0n) is 19.7. The lowest BCUT2D eigenvalue weighted by Gasteiger charge is -2.32. The van der Waals surface area contributed by atoms with Crippen LogP contribution in [0.1, 0.15) is 56.8 Å². The van der Waals surface area contributed by atoms with Gasteiger partial charge in [0.05, 0.1) is 0 Å². The normalized spacial score (nSPS) is 18.7. The van der Waals surface area contributed by atoms with Gasteiger partial charge in [-0.25, -0.2) is 13.2 Å². The Morgan fingerprint density at radius 3 is 2.11 bits per heavy atom. The van der Waals surface area contributed by atoms with E-state index in [-0.39, 0.29) is 40.2 Å². The largest absolute Gasteiger partial charge is 0.353 e. The Morgan fingerprint density at radius 1 is 0.914 bits per heavy atom. The van der Waals surface area contributed by atoms with Gasteiger partial charge in [0.2, 0.25) is 11.9 Å². The second-order valence-corrected chi connectivity index (χ2v) is 10.0. The van der Waals surface area contributed by atoms with Crippen LogP contribution in [-0.4, -0.2) is 29.9 Å². The highest BCUT2D eigenvalue weighted by Crippen LogP contribution is 2.22. The summed E-state index contributed by atoms with van der Waals surface area (Å²) in [5.74, 6) is -3.64. The highest BCUT2D eigenvalue weighted by atomic mass is 35.5.